The van der Waals surface area contributed by atoms with Crippen LogP contribution in [-0.2, 0) is 11.3 Å². The lowest BCUT2D eigenvalue weighted by Gasteiger charge is -2.06. The van der Waals surface area contributed by atoms with E-state index in [1.807, 2.05) is 12.1 Å². The minimum absolute atomic E-state index is 0.283. The third-order valence-electron chi connectivity index (χ3n) is 1.61. The van der Waals surface area contributed by atoms with Gasteiger partial charge in [0.05, 0.1) is 3.79 Å². The molecule has 14 heavy (non-hydrogen) atoms. The maximum Gasteiger partial charge on any atom is 0.321 e. The number of carboxylic acid groups (broad SMARTS) is 1. The molecule has 1 atom stereocenters. The molecule has 0 radical (unpaired) electrons. The van der Waals surface area contributed by atoms with Crippen LogP contribution in [0.25, 0.3) is 0 Å². The van der Waals surface area contributed by atoms with Gasteiger partial charge >= 0.3 is 5.97 Å². The largest absolute Gasteiger partial charge is 0.480 e. The van der Waals surface area contributed by atoms with Crippen LogP contribution in [0.4, 0.5) is 0 Å². The van der Waals surface area contributed by atoms with Gasteiger partial charge in [0, 0.05) is 18.0 Å². The number of thiophene rings is 1. The maximum absolute atomic E-state index is 10.4. The Morgan fingerprint density at radius 3 is 2.93 bits per heavy atom. The van der Waals surface area contributed by atoms with E-state index >= 15 is 0 Å². The van der Waals surface area contributed by atoms with Crippen LogP contribution in [-0.4, -0.2) is 23.7 Å². The Kier molecular flexibility index (Phi) is 4.53. The van der Waals surface area contributed by atoms with Crippen LogP contribution < -0.4 is 11.1 Å². The summed E-state index contributed by atoms with van der Waals surface area (Å²) in [6.07, 6.45) is 0. The smallest absolute Gasteiger partial charge is 0.321 e. The Bertz CT molecular complexity index is 316. The van der Waals surface area contributed by atoms with Crippen molar-refractivity contribution in [3.8, 4) is 0 Å². The molecule has 0 fully saturated rings. The van der Waals surface area contributed by atoms with Gasteiger partial charge in [-0.15, -0.1) is 11.3 Å². The van der Waals surface area contributed by atoms with Gasteiger partial charge in [-0.3, -0.25) is 4.79 Å². The zero-order chi connectivity index (χ0) is 10.6. The first-order chi connectivity index (χ1) is 6.59. The maximum atomic E-state index is 10.4. The van der Waals surface area contributed by atoms with Crippen LogP contribution >= 0.6 is 27.3 Å². The van der Waals surface area contributed by atoms with Crippen molar-refractivity contribution in [1.82, 2.24) is 5.32 Å². The lowest BCUT2D eigenvalue weighted by molar-refractivity contribution is -0.138. The summed E-state index contributed by atoms with van der Waals surface area (Å²) in [5.41, 5.74) is 5.32. The average Bonchev–Trinajstić information content (AvgIpc) is 2.51. The minimum Gasteiger partial charge on any atom is -0.480 e. The van der Waals surface area contributed by atoms with Gasteiger partial charge in [-0.25, -0.2) is 0 Å². The van der Waals surface area contributed by atoms with E-state index in [1.54, 1.807) is 11.3 Å². The van der Waals surface area contributed by atoms with Crippen molar-refractivity contribution in [1.29, 1.82) is 0 Å². The fourth-order valence-corrected chi connectivity index (χ4v) is 2.34. The number of carbonyl (C=O) groups is 1. The highest BCUT2D eigenvalue weighted by molar-refractivity contribution is 9.11. The van der Waals surface area contributed by atoms with Crippen LogP contribution in [0.5, 0.6) is 0 Å². The third-order valence-corrected chi connectivity index (χ3v) is 3.23. The summed E-state index contributed by atoms with van der Waals surface area (Å²) in [4.78, 5) is 11.5. The first-order valence-corrected chi connectivity index (χ1v) is 5.64. The number of halogens is 1. The Hall–Kier alpha value is -0.430. The SMILES string of the molecule is NC(CNCc1ccc(Br)s1)C(=O)O. The van der Waals surface area contributed by atoms with Gasteiger partial charge in [0.25, 0.3) is 0 Å². The van der Waals surface area contributed by atoms with Crippen molar-refractivity contribution in [2.24, 2.45) is 5.73 Å². The molecule has 0 spiro atoms. The molecule has 1 heterocycles. The first-order valence-electron chi connectivity index (χ1n) is 4.03. The first kappa shape index (κ1) is 11.6. The molecule has 0 saturated heterocycles. The molecule has 4 N–H and O–H groups in total. The van der Waals surface area contributed by atoms with Crippen LogP contribution in [0, 0.1) is 0 Å². The predicted molar refractivity (Wildman–Crippen MR) is 59.3 cm³/mol. The third kappa shape index (κ3) is 3.75. The second-order valence-electron chi connectivity index (χ2n) is 2.78. The summed E-state index contributed by atoms with van der Waals surface area (Å²) in [6, 6.07) is 3.10. The predicted octanol–water partition coefficient (Wildman–Crippen LogP) is 1.01. The van der Waals surface area contributed by atoms with E-state index in [0.29, 0.717) is 6.54 Å². The quantitative estimate of drug-likeness (QED) is 0.752. The van der Waals surface area contributed by atoms with E-state index < -0.39 is 12.0 Å². The molecule has 1 aromatic rings. The van der Waals surface area contributed by atoms with Crippen molar-refractivity contribution in [3.05, 3.63) is 20.8 Å². The van der Waals surface area contributed by atoms with Crippen LogP contribution in [0.3, 0.4) is 0 Å². The normalized spacial score (nSPS) is 12.7. The molecule has 1 rings (SSSR count). The number of nitrogens with two attached hydrogens (primary N) is 1. The van der Waals surface area contributed by atoms with Gasteiger partial charge in [0.2, 0.25) is 0 Å². The zero-order valence-electron chi connectivity index (χ0n) is 7.37. The molecule has 0 aromatic carbocycles. The molecule has 0 aliphatic rings. The molecule has 0 aliphatic carbocycles. The van der Waals surface area contributed by atoms with Crippen LogP contribution in [0.2, 0.25) is 0 Å². The van der Waals surface area contributed by atoms with E-state index in [9.17, 15) is 4.79 Å². The number of carboxylic acids is 1. The molecule has 1 aromatic heterocycles. The fourth-order valence-electron chi connectivity index (χ4n) is 0.885. The van der Waals surface area contributed by atoms with E-state index in [1.165, 1.54) is 0 Å². The van der Waals surface area contributed by atoms with Gasteiger partial charge in [-0.2, -0.15) is 0 Å². The molecule has 0 bridgehead atoms. The monoisotopic (exact) mass is 278 g/mol. The zero-order valence-corrected chi connectivity index (χ0v) is 9.77. The number of rotatable bonds is 5. The number of nitrogens with one attached hydrogen (secondary N) is 1. The van der Waals surface area contributed by atoms with Gasteiger partial charge in [-0.1, -0.05) is 0 Å². The number of hydrogen-bond acceptors (Lipinski definition) is 4. The molecule has 0 saturated carbocycles. The lowest BCUT2D eigenvalue weighted by Crippen LogP contribution is -2.39. The Labute approximate surface area is 94.2 Å². The number of hydrogen-bond donors (Lipinski definition) is 3. The Morgan fingerprint density at radius 2 is 2.43 bits per heavy atom. The van der Waals surface area contributed by atoms with E-state index in [-0.39, 0.29) is 6.54 Å². The second-order valence-corrected chi connectivity index (χ2v) is 5.33. The highest BCUT2D eigenvalue weighted by Gasteiger charge is 2.10. The molecular weight excluding hydrogens is 268 g/mol. The standard InChI is InChI=1S/C8H11BrN2O2S/c9-7-2-1-5(14-7)3-11-4-6(10)8(12)13/h1-2,6,11H,3-4,10H2,(H,12,13). The van der Waals surface area contributed by atoms with Gasteiger partial charge < -0.3 is 16.2 Å². The summed E-state index contributed by atoms with van der Waals surface area (Å²) in [7, 11) is 0. The average molecular weight is 279 g/mol. The van der Waals surface area contributed by atoms with Gasteiger partial charge in [0.1, 0.15) is 6.04 Å². The van der Waals surface area contributed by atoms with Crippen molar-refractivity contribution < 1.29 is 9.90 Å². The molecule has 0 amide bonds. The van der Waals surface area contributed by atoms with Crippen LogP contribution in [0.1, 0.15) is 4.88 Å². The van der Waals surface area contributed by atoms with Crippen molar-refractivity contribution in [2.45, 2.75) is 12.6 Å². The van der Waals surface area contributed by atoms with E-state index in [4.69, 9.17) is 10.8 Å². The topological polar surface area (TPSA) is 75.3 Å². The van der Waals surface area contributed by atoms with Crippen molar-refractivity contribution in [3.63, 3.8) is 0 Å². The van der Waals surface area contributed by atoms with Gasteiger partial charge in [0.15, 0.2) is 0 Å². The van der Waals surface area contributed by atoms with Crippen LogP contribution in [0.15, 0.2) is 15.9 Å². The highest BCUT2D eigenvalue weighted by atomic mass is 79.9. The molecule has 1 unspecified atom stereocenters. The molecule has 4 nitrogen and oxygen atoms in total. The summed E-state index contributed by atoms with van der Waals surface area (Å²) in [6.45, 7) is 0.933. The van der Waals surface area contributed by atoms with E-state index in [0.717, 1.165) is 8.66 Å². The summed E-state index contributed by atoms with van der Waals surface area (Å²) < 4.78 is 1.07. The lowest BCUT2D eigenvalue weighted by atomic mass is 10.3. The van der Waals surface area contributed by atoms with Crippen molar-refractivity contribution >= 4 is 33.2 Å². The molecule has 78 valence electrons. The summed E-state index contributed by atoms with van der Waals surface area (Å²) in [5.74, 6) is -0.982. The summed E-state index contributed by atoms with van der Waals surface area (Å²) >= 11 is 4.96. The minimum atomic E-state index is -0.982. The van der Waals surface area contributed by atoms with E-state index in [2.05, 4.69) is 21.2 Å². The Balaban J connectivity index is 2.25. The molecular formula is C8H11BrN2O2S. The van der Waals surface area contributed by atoms with Gasteiger partial charge in [-0.05, 0) is 28.1 Å². The second kappa shape index (κ2) is 5.45. The highest BCUT2D eigenvalue weighted by Crippen LogP contribution is 2.21. The fraction of sp³-hybridized carbons (Fsp3) is 0.375. The van der Waals surface area contributed by atoms with Crippen molar-refractivity contribution in [2.75, 3.05) is 6.54 Å². The number of aliphatic carboxylic acids is 1. The molecule has 6 heteroatoms. The summed E-state index contributed by atoms with van der Waals surface area (Å²) in [5, 5.41) is 11.5. The Morgan fingerprint density at radius 1 is 1.71 bits per heavy atom. The molecule has 0 aliphatic heterocycles.